The third-order valence-corrected chi connectivity index (χ3v) is 2.22. The first-order valence-corrected chi connectivity index (χ1v) is 4.18. The second-order valence-electron chi connectivity index (χ2n) is 3.33. The fraction of sp³-hybridized carbons (Fsp3) is 0.625. The molecule has 1 aliphatic rings. The van der Waals surface area contributed by atoms with Crippen LogP contribution in [-0.2, 0) is 13.0 Å². The fourth-order valence-electron chi connectivity index (χ4n) is 1.54. The molecule has 0 saturated heterocycles. The molecule has 1 aromatic heterocycles. The standard InChI is InChI=1S/C8H11N3O/c1-6-2-3-8-9-7(5-12)10-11(8)4-6/h5-6H,2-4H2,1H3. The predicted molar refractivity (Wildman–Crippen MR) is 42.9 cm³/mol. The zero-order valence-corrected chi connectivity index (χ0v) is 7.03. The number of aldehydes is 1. The van der Waals surface area contributed by atoms with Crippen LogP contribution in [0.25, 0.3) is 0 Å². The van der Waals surface area contributed by atoms with Crippen LogP contribution in [-0.4, -0.2) is 21.1 Å². The number of hydrogen-bond acceptors (Lipinski definition) is 3. The van der Waals surface area contributed by atoms with Crippen LogP contribution in [0.1, 0.15) is 29.8 Å². The van der Waals surface area contributed by atoms with Gasteiger partial charge in [-0.05, 0) is 12.3 Å². The average Bonchev–Trinajstić information content (AvgIpc) is 2.46. The lowest BCUT2D eigenvalue weighted by Crippen LogP contribution is -2.18. The summed E-state index contributed by atoms with van der Waals surface area (Å²) in [5.41, 5.74) is 0. The summed E-state index contributed by atoms with van der Waals surface area (Å²) in [6.45, 7) is 3.08. The maximum atomic E-state index is 10.4. The summed E-state index contributed by atoms with van der Waals surface area (Å²) < 4.78 is 1.85. The quantitative estimate of drug-likeness (QED) is 0.575. The Morgan fingerprint density at radius 1 is 1.67 bits per heavy atom. The van der Waals surface area contributed by atoms with E-state index >= 15 is 0 Å². The normalized spacial score (nSPS) is 21.9. The van der Waals surface area contributed by atoms with Crippen molar-refractivity contribution in [1.29, 1.82) is 0 Å². The van der Waals surface area contributed by atoms with Gasteiger partial charge in [-0.3, -0.25) is 4.79 Å². The van der Waals surface area contributed by atoms with Gasteiger partial charge in [-0.2, -0.15) is 0 Å². The SMILES string of the molecule is CC1CCc2nc(C=O)nn2C1. The van der Waals surface area contributed by atoms with E-state index in [0.717, 1.165) is 25.2 Å². The summed E-state index contributed by atoms with van der Waals surface area (Å²) in [6, 6.07) is 0. The van der Waals surface area contributed by atoms with Crippen LogP contribution in [0.4, 0.5) is 0 Å². The van der Waals surface area contributed by atoms with Gasteiger partial charge in [-0.25, -0.2) is 9.67 Å². The molecule has 4 nitrogen and oxygen atoms in total. The third kappa shape index (κ3) is 1.13. The van der Waals surface area contributed by atoms with Crippen molar-refractivity contribution >= 4 is 6.29 Å². The minimum Gasteiger partial charge on any atom is -0.294 e. The number of fused-ring (bicyclic) bond motifs is 1. The minimum atomic E-state index is 0.319. The Balaban J connectivity index is 2.34. The first-order chi connectivity index (χ1) is 5.79. The molecular weight excluding hydrogens is 154 g/mol. The van der Waals surface area contributed by atoms with Gasteiger partial charge in [0.25, 0.3) is 0 Å². The highest BCUT2D eigenvalue weighted by Gasteiger charge is 2.17. The van der Waals surface area contributed by atoms with Crippen LogP contribution < -0.4 is 0 Å². The Morgan fingerprint density at radius 3 is 3.25 bits per heavy atom. The van der Waals surface area contributed by atoms with Gasteiger partial charge in [0.1, 0.15) is 5.82 Å². The van der Waals surface area contributed by atoms with E-state index in [1.54, 1.807) is 0 Å². The van der Waals surface area contributed by atoms with Crippen molar-refractivity contribution < 1.29 is 4.79 Å². The van der Waals surface area contributed by atoms with Gasteiger partial charge in [0.2, 0.25) is 5.82 Å². The van der Waals surface area contributed by atoms with Crippen LogP contribution in [0, 0.1) is 5.92 Å². The molecule has 2 rings (SSSR count). The summed E-state index contributed by atoms with van der Waals surface area (Å²) in [6.07, 6.45) is 2.80. The van der Waals surface area contributed by atoms with Crippen molar-refractivity contribution in [2.45, 2.75) is 26.3 Å². The Labute approximate surface area is 70.6 Å². The molecule has 0 amide bonds. The Kier molecular flexibility index (Phi) is 1.67. The van der Waals surface area contributed by atoms with E-state index in [-0.39, 0.29) is 0 Å². The third-order valence-electron chi connectivity index (χ3n) is 2.22. The van der Waals surface area contributed by atoms with Gasteiger partial charge < -0.3 is 0 Å². The molecule has 0 bridgehead atoms. The molecule has 0 radical (unpaired) electrons. The Bertz CT molecular complexity index is 305. The summed E-state index contributed by atoms with van der Waals surface area (Å²) >= 11 is 0. The number of aryl methyl sites for hydroxylation is 1. The Morgan fingerprint density at radius 2 is 2.50 bits per heavy atom. The van der Waals surface area contributed by atoms with E-state index in [1.807, 2.05) is 4.68 Å². The monoisotopic (exact) mass is 165 g/mol. The molecule has 0 fully saturated rings. The van der Waals surface area contributed by atoms with Gasteiger partial charge in [0.15, 0.2) is 6.29 Å². The topological polar surface area (TPSA) is 47.8 Å². The summed E-state index contributed by atoms with van der Waals surface area (Å²) in [7, 11) is 0. The van der Waals surface area contributed by atoms with Gasteiger partial charge in [0.05, 0.1) is 0 Å². The molecule has 12 heavy (non-hydrogen) atoms. The van der Waals surface area contributed by atoms with Gasteiger partial charge in [0, 0.05) is 13.0 Å². The van der Waals surface area contributed by atoms with E-state index in [4.69, 9.17) is 0 Å². The van der Waals surface area contributed by atoms with Crippen LogP contribution in [0.15, 0.2) is 0 Å². The minimum absolute atomic E-state index is 0.319. The van der Waals surface area contributed by atoms with Crippen LogP contribution in [0.5, 0.6) is 0 Å². The average molecular weight is 165 g/mol. The van der Waals surface area contributed by atoms with Crippen LogP contribution in [0.3, 0.4) is 0 Å². The predicted octanol–water partition coefficient (Wildman–Crippen LogP) is 0.673. The smallest absolute Gasteiger partial charge is 0.214 e. The second-order valence-corrected chi connectivity index (χ2v) is 3.33. The van der Waals surface area contributed by atoms with Crippen molar-refractivity contribution in [2.75, 3.05) is 0 Å². The molecule has 4 heteroatoms. The molecule has 0 spiro atoms. The van der Waals surface area contributed by atoms with Gasteiger partial charge in [-0.1, -0.05) is 6.92 Å². The zero-order chi connectivity index (χ0) is 8.55. The summed E-state index contributed by atoms with van der Waals surface area (Å²) in [5, 5.41) is 4.06. The lowest BCUT2D eigenvalue weighted by molar-refractivity contribution is 0.111. The van der Waals surface area contributed by atoms with Gasteiger partial charge >= 0.3 is 0 Å². The molecule has 0 saturated carbocycles. The van der Waals surface area contributed by atoms with Gasteiger partial charge in [-0.15, -0.1) is 5.10 Å². The highest BCUT2D eigenvalue weighted by atomic mass is 16.1. The molecule has 1 aromatic rings. The Hall–Kier alpha value is -1.19. The molecule has 64 valence electrons. The molecule has 2 heterocycles. The number of carbonyl (C=O) groups excluding carboxylic acids is 1. The lowest BCUT2D eigenvalue weighted by atomic mass is 10.0. The lowest BCUT2D eigenvalue weighted by Gasteiger charge is -2.17. The van der Waals surface area contributed by atoms with E-state index in [0.29, 0.717) is 18.0 Å². The first kappa shape index (κ1) is 7.46. The van der Waals surface area contributed by atoms with Crippen molar-refractivity contribution in [3.05, 3.63) is 11.6 Å². The highest BCUT2D eigenvalue weighted by Crippen LogP contribution is 2.16. The zero-order valence-electron chi connectivity index (χ0n) is 7.03. The van der Waals surface area contributed by atoms with Crippen molar-refractivity contribution in [3.63, 3.8) is 0 Å². The van der Waals surface area contributed by atoms with Crippen molar-refractivity contribution in [3.8, 4) is 0 Å². The molecule has 0 N–H and O–H groups in total. The van der Waals surface area contributed by atoms with Crippen LogP contribution in [0.2, 0.25) is 0 Å². The molecule has 1 unspecified atom stereocenters. The van der Waals surface area contributed by atoms with Crippen molar-refractivity contribution in [1.82, 2.24) is 14.8 Å². The maximum Gasteiger partial charge on any atom is 0.214 e. The summed E-state index contributed by atoms with van der Waals surface area (Å²) in [4.78, 5) is 14.5. The first-order valence-electron chi connectivity index (χ1n) is 4.18. The number of rotatable bonds is 1. The number of nitrogens with zero attached hydrogens (tertiary/aromatic N) is 3. The van der Waals surface area contributed by atoms with E-state index in [2.05, 4.69) is 17.0 Å². The summed E-state index contributed by atoms with van der Waals surface area (Å²) in [5.74, 6) is 1.92. The molecule has 0 aliphatic carbocycles. The largest absolute Gasteiger partial charge is 0.294 e. The molecule has 1 aliphatic heterocycles. The number of carbonyl (C=O) groups is 1. The van der Waals surface area contributed by atoms with E-state index in [1.165, 1.54) is 0 Å². The number of aromatic nitrogens is 3. The molecular formula is C8H11N3O. The maximum absolute atomic E-state index is 10.4. The van der Waals surface area contributed by atoms with Crippen LogP contribution >= 0.6 is 0 Å². The highest BCUT2D eigenvalue weighted by molar-refractivity contribution is 5.68. The van der Waals surface area contributed by atoms with E-state index < -0.39 is 0 Å². The second kappa shape index (κ2) is 2.69. The number of hydrogen-bond donors (Lipinski definition) is 0. The fourth-order valence-corrected chi connectivity index (χ4v) is 1.54. The molecule has 0 aromatic carbocycles. The van der Waals surface area contributed by atoms with Crippen molar-refractivity contribution in [2.24, 2.45) is 5.92 Å². The molecule has 1 atom stereocenters. The van der Waals surface area contributed by atoms with E-state index in [9.17, 15) is 4.79 Å².